The molecule has 1 aromatic rings. The van der Waals surface area contributed by atoms with Crippen molar-refractivity contribution in [1.29, 1.82) is 0 Å². The molecule has 244 valence electrons. The molecule has 2 heterocycles. The van der Waals surface area contributed by atoms with Crippen LogP contribution in [0.2, 0.25) is 0 Å². The van der Waals surface area contributed by atoms with E-state index in [-0.39, 0.29) is 36.0 Å². The molecule has 11 nitrogen and oxygen atoms in total. The zero-order valence-electron chi connectivity index (χ0n) is 27.2. The lowest BCUT2D eigenvalue weighted by molar-refractivity contribution is -0.131. The Kier molecular flexibility index (Phi) is 15.1. The summed E-state index contributed by atoms with van der Waals surface area (Å²) in [5.41, 5.74) is 2.16. The van der Waals surface area contributed by atoms with Crippen LogP contribution < -0.4 is 21.3 Å². The number of aromatic nitrogens is 1. The molecule has 5 unspecified atom stereocenters. The smallest absolute Gasteiger partial charge is 0.407 e. The van der Waals surface area contributed by atoms with Crippen molar-refractivity contribution in [3.8, 4) is 0 Å². The van der Waals surface area contributed by atoms with Gasteiger partial charge < -0.3 is 35.6 Å². The van der Waals surface area contributed by atoms with Crippen molar-refractivity contribution in [2.45, 2.75) is 123 Å². The first-order chi connectivity index (χ1) is 20.2. The second-order valence-electron chi connectivity index (χ2n) is 12.3. The SMILES string of the molecule is CCC(CCC(CC)NC(=O)C(NC(=O)N(C)CC1=CSC(C(C)C)N1)C(C)OC(C)(C)C)NC(=O)OCc1cncs1. The highest BCUT2D eigenvalue weighted by atomic mass is 32.2. The largest absolute Gasteiger partial charge is 0.444 e. The molecule has 0 aliphatic carbocycles. The van der Waals surface area contributed by atoms with E-state index in [4.69, 9.17) is 9.47 Å². The number of likely N-dealkylation sites (N-methyl/N-ethyl adjacent to an activating group) is 1. The van der Waals surface area contributed by atoms with Gasteiger partial charge in [0.2, 0.25) is 5.91 Å². The van der Waals surface area contributed by atoms with Crippen LogP contribution in [0.5, 0.6) is 0 Å². The first-order valence-corrected chi connectivity index (χ1v) is 17.0. The number of carbonyl (C=O) groups is 3. The number of urea groups is 1. The van der Waals surface area contributed by atoms with E-state index in [0.717, 1.165) is 17.0 Å². The number of hydrogen-bond donors (Lipinski definition) is 4. The molecule has 0 bridgehead atoms. The van der Waals surface area contributed by atoms with Crippen LogP contribution in [0.1, 0.15) is 86.0 Å². The van der Waals surface area contributed by atoms with Gasteiger partial charge >= 0.3 is 12.1 Å². The Balaban J connectivity index is 1.97. The maximum Gasteiger partial charge on any atom is 0.407 e. The third kappa shape index (κ3) is 13.3. The Morgan fingerprint density at radius 2 is 1.72 bits per heavy atom. The van der Waals surface area contributed by atoms with Gasteiger partial charge in [-0.1, -0.05) is 27.7 Å². The lowest BCUT2D eigenvalue weighted by Gasteiger charge is -2.33. The second-order valence-corrected chi connectivity index (χ2v) is 14.3. The highest BCUT2D eigenvalue weighted by molar-refractivity contribution is 8.03. The van der Waals surface area contributed by atoms with Gasteiger partial charge in [-0.2, -0.15) is 0 Å². The van der Waals surface area contributed by atoms with Gasteiger partial charge in [0.1, 0.15) is 12.6 Å². The first-order valence-electron chi connectivity index (χ1n) is 15.1. The number of thioether (sulfide) groups is 1. The number of thiazole rings is 1. The van der Waals surface area contributed by atoms with Gasteiger partial charge in [0.05, 0.1) is 34.0 Å². The van der Waals surface area contributed by atoms with Crippen LogP contribution in [0.15, 0.2) is 22.8 Å². The molecule has 0 aromatic carbocycles. The van der Waals surface area contributed by atoms with E-state index in [0.29, 0.717) is 31.7 Å². The van der Waals surface area contributed by atoms with Crippen molar-refractivity contribution >= 4 is 41.1 Å². The van der Waals surface area contributed by atoms with Crippen molar-refractivity contribution in [2.24, 2.45) is 5.92 Å². The fraction of sp³-hybridized carbons (Fsp3) is 0.733. The number of nitrogens with one attached hydrogen (secondary N) is 4. The molecule has 0 saturated heterocycles. The summed E-state index contributed by atoms with van der Waals surface area (Å²) in [4.78, 5) is 45.6. The third-order valence-electron chi connectivity index (χ3n) is 6.96. The lowest BCUT2D eigenvalue weighted by atomic mass is 10.0. The summed E-state index contributed by atoms with van der Waals surface area (Å²) in [7, 11) is 1.71. The van der Waals surface area contributed by atoms with Gasteiger partial charge in [0.25, 0.3) is 0 Å². The Morgan fingerprint density at radius 1 is 1.07 bits per heavy atom. The van der Waals surface area contributed by atoms with E-state index in [9.17, 15) is 14.4 Å². The van der Waals surface area contributed by atoms with Crippen molar-refractivity contribution in [1.82, 2.24) is 31.2 Å². The summed E-state index contributed by atoms with van der Waals surface area (Å²) in [5.74, 6) is 0.156. The van der Waals surface area contributed by atoms with Crippen LogP contribution in [0, 0.1) is 5.92 Å². The van der Waals surface area contributed by atoms with Crippen molar-refractivity contribution in [3.05, 3.63) is 27.7 Å². The standard InChI is InChI=1S/C30H52N6O5S2/c1-10-21(12-13-22(11-2)34-29(39)40-16-24-14-31-18-43-24)32-26(37)25(20(5)41-30(6,7)8)35-28(38)36(9)15-23-17-42-27(33-23)19(3)4/h14,17-22,25,27,33H,10-13,15-16H2,1-9H3,(H,32,37)(H,34,39)(H,35,38). The summed E-state index contributed by atoms with van der Waals surface area (Å²) in [6.45, 7) is 16.5. The maximum atomic E-state index is 13.6. The van der Waals surface area contributed by atoms with Gasteiger partial charge in [-0.3, -0.25) is 9.78 Å². The van der Waals surface area contributed by atoms with Crippen molar-refractivity contribution < 1.29 is 23.9 Å². The van der Waals surface area contributed by atoms with Gasteiger partial charge in [-0.15, -0.1) is 23.1 Å². The minimum Gasteiger partial charge on any atom is -0.444 e. The van der Waals surface area contributed by atoms with Crippen molar-refractivity contribution in [3.63, 3.8) is 0 Å². The number of carbonyl (C=O) groups excluding carboxylic acids is 3. The van der Waals surface area contributed by atoms with Crippen molar-refractivity contribution in [2.75, 3.05) is 13.6 Å². The monoisotopic (exact) mass is 640 g/mol. The molecule has 0 radical (unpaired) electrons. The van der Waals surface area contributed by atoms with E-state index in [2.05, 4.69) is 45.5 Å². The Labute approximate surface area is 265 Å². The summed E-state index contributed by atoms with van der Waals surface area (Å²) in [6, 6.07) is -1.49. The van der Waals surface area contributed by atoms with Gasteiger partial charge in [-0.25, -0.2) is 9.59 Å². The van der Waals surface area contributed by atoms with E-state index in [1.807, 2.05) is 34.6 Å². The fourth-order valence-corrected chi connectivity index (χ4v) is 6.01. The molecule has 0 saturated carbocycles. The Morgan fingerprint density at radius 3 is 2.26 bits per heavy atom. The van der Waals surface area contributed by atoms with Gasteiger partial charge in [0.15, 0.2) is 0 Å². The average Bonchev–Trinajstić information content (AvgIpc) is 3.63. The predicted octanol–water partition coefficient (Wildman–Crippen LogP) is 5.20. The summed E-state index contributed by atoms with van der Waals surface area (Å²) >= 11 is 3.15. The van der Waals surface area contributed by atoms with E-state index >= 15 is 0 Å². The number of alkyl carbamates (subject to hydrolysis) is 1. The van der Waals surface area contributed by atoms with Crippen LogP contribution in [0.4, 0.5) is 9.59 Å². The molecule has 0 fully saturated rings. The molecule has 1 aromatic heterocycles. The number of hydrogen-bond acceptors (Lipinski definition) is 9. The molecule has 1 aliphatic rings. The number of nitrogens with zero attached hydrogens (tertiary/aromatic N) is 2. The van der Waals surface area contributed by atoms with Crippen LogP contribution in [0.3, 0.4) is 0 Å². The quantitative estimate of drug-likeness (QED) is 0.194. The molecule has 0 spiro atoms. The Bertz CT molecular complexity index is 1050. The van der Waals surface area contributed by atoms with Crippen LogP contribution in [0.25, 0.3) is 0 Å². The molecule has 43 heavy (non-hydrogen) atoms. The zero-order chi connectivity index (χ0) is 32.2. The lowest BCUT2D eigenvalue weighted by Crippen LogP contribution is -2.58. The molecule has 1 aliphatic heterocycles. The molecule has 4 amide bonds. The maximum absolute atomic E-state index is 13.6. The molecule has 2 rings (SSSR count). The molecule has 13 heteroatoms. The van der Waals surface area contributed by atoms with Crippen LogP contribution >= 0.6 is 23.1 Å². The second kappa shape index (κ2) is 17.7. The van der Waals surface area contributed by atoms with Crippen LogP contribution in [-0.2, 0) is 20.9 Å². The first kappa shape index (κ1) is 36.7. The summed E-state index contributed by atoms with van der Waals surface area (Å²) in [6.07, 6.45) is 3.37. The number of ether oxygens (including phenoxy) is 2. The normalized spacial score (nSPS) is 17.7. The van der Waals surface area contributed by atoms with Gasteiger partial charge in [-0.05, 0) is 64.7 Å². The molecule has 4 N–H and O–H groups in total. The molecule has 5 atom stereocenters. The minimum atomic E-state index is -0.895. The van der Waals surface area contributed by atoms with E-state index in [1.54, 1.807) is 42.3 Å². The molecular formula is C30H52N6O5S2. The predicted molar refractivity (Wildman–Crippen MR) is 174 cm³/mol. The average molecular weight is 641 g/mol. The topological polar surface area (TPSA) is 134 Å². The number of amides is 4. The Hall–Kier alpha value is -2.51. The number of rotatable bonds is 16. The molecular weight excluding hydrogens is 589 g/mol. The van der Waals surface area contributed by atoms with Crippen LogP contribution in [-0.4, -0.2) is 76.7 Å². The van der Waals surface area contributed by atoms with E-state index in [1.165, 1.54) is 11.3 Å². The minimum absolute atomic E-state index is 0.0980. The third-order valence-corrected chi connectivity index (χ3v) is 9.09. The van der Waals surface area contributed by atoms with E-state index < -0.39 is 23.8 Å². The fourth-order valence-electron chi connectivity index (χ4n) is 4.51. The van der Waals surface area contributed by atoms with Gasteiger partial charge in [0, 0.05) is 31.0 Å². The summed E-state index contributed by atoms with van der Waals surface area (Å²) < 4.78 is 11.4. The highest BCUT2D eigenvalue weighted by Crippen LogP contribution is 2.26. The zero-order valence-corrected chi connectivity index (χ0v) is 28.8. The highest BCUT2D eigenvalue weighted by Gasteiger charge is 2.33. The summed E-state index contributed by atoms with van der Waals surface area (Å²) in [5, 5.41) is 14.7.